The van der Waals surface area contributed by atoms with Crippen LogP contribution in [0, 0.1) is 6.92 Å². The van der Waals surface area contributed by atoms with Crippen molar-refractivity contribution in [3.05, 3.63) is 39.6 Å². The Morgan fingerprint density at radius 3 is 2.23 bits per heavy atom. The van der Waals surface area contributed by atoms with Crippen molar-refractivity contribution < 1.29 is 14.2 Å². The number of methoxy groups -OCH3 is 3. The van der Waals surface area contributed by atoms with Crippen LogP contribution in [0.1, 0.15) is 22.2 Å². The Hall–Kier alpha value is -2.41. The molecule has 1 heterocycles. The molecule has 2 rings (SSSR count). The van der Waals surface area contributed by atoms with Crippen molar-refractivity contribution in [2.24, 2.45) is 4.99 Å². The molecule has 7 heteroatoms. The average molecular weight is 378 g/mol. The van der Waals surface area contributed by atoms with Gasteiger partial charge >= 0.3 is 0 Å². The lowest BCUT2D eigenvalue weighted by atomic mass is 10.2. The fourth-order valence-corrected chi connectivity index (χ4v) is 3.32. The zero-order valence-corrected chi connectivity index (χ0v) is 16.8. The molecule has 2 N–H and O–H groups in total. The van der Waals surface area contributed by atoms with Gasteiger partial charge in [-0.2, -0.15) is 0 Å². The number of aryl methyl sites for hydroxylation is 1. The van der Waals surface area contributed by atoms with E-state index in [-0.39, 0.29) is 0 Å². The van der Waals surface area contributed by atoms with Gasteiger partial charge in [0.1, 0.15) is 0 Å². The Kier molecular flexibility index (Phi) is 7.59. The first kappa shape index (κ1) is 19.9. The lowest BCUT2D eigenvalue weighted by Crippen LogP contribution is -2.36. The van der Waals surface area contributed by atoms with Crippen LogP contribution in [-0.2, 0) is 13.1 Å². The standard InChI is InChI=1S/C19H27N3O3S/c1-6-20-19(22-12-15-8-7-13(2)26-15)21-11-14-9-16(23-3)18(25-5)17(10-14)24-4/h7-10H,6,11-12H2,1-5H3,(H2,20,21,22). The van der Waals surface area contributed by atoms with Crippen molar-refractivity contribution in [3.63, 3.8) is 0 Å². The first-order valence-corrected chi connectivity index (χ1v) is 9.29. The number of thiophene rings is 1. The van der Waals surface area contributed by atoms with Crippen molar-refractivity contribution in [3.8, 4) is 17.2 Å². The monoisotopic (exact) mass is 377 g/mol. The van der Waals surface area contributed by atoms with E-state index in [1.807, 2.05) is 19.1 Å². The molecule has 0 bridgehead atoms. The number of benzene rings is 1. The van der Waals surface area contributed by atoms with Gasteiger partial charge in [0, 0.05) is 16.3 Å². The molecule has 142 valence electrons. The second kappa shape index (κ2) is 9.91. The smallest absolute Gasteiger partial charge is 0.203 e. The van der Waals surface area contributed by atoms with Crippen molar-refractivity contribution in [1.29, 1.82) is 0 Å². The summed E-state index contributed by atoms with van der Waals surface area (Å²) >= 11 is 1.78. The summed E-state index contributed by atoms with van der Waals surface area (Å²) < 4.78 is 16.2. The maximum atomic E-state index is 5.40. The van der Waals surface area contributed by atoms with Crippen LogP contribution in [-0.4, -0.2) is 33.8 Å². The summed E-state index contributed by atoms with van der Waals surface area (Å²) in [7, 11) is 4.82. The third-order valence-corrected chi connectivity index (χ3v) is 4.72. The first-order chi connectivity index (χ1) is 12.6. The Labute approximate surface area is 159 Å². The maximum absolute atomic E-state index is 5.40. The summed E-state index contributed by atoms with van der Waals surface area (Å²) in [5.41, 5.74) is 0.976. The largest absolute Gasteiger partial charge is 0.493 e. The van der Waals surface area contributed by atoms with Gasteiger partial charge < -0.3 is 24.8 Å². The van der Waals surface area contributed by atoms with E-state index in [0.29, 0.717) is 23.8 Å². The quantitative estimate of drug-likeness (QED) is 0.546. The first-order valence-electron chi connectivity index (χ1n) is 8.47. The molecule has 0 fully saturated rings. The van der Waals surface area contributed by atoms with E-state index < -0.39 is 0 Å². The molecule has 0 atom stereocenters. The highest BCUT2D eigenvalue weighted by Gasteiger charge is 2.13. The van der Waals surface area contributed by atoms with Gasteiger partial charge in [-0.1, -0.05) is 0 Å². The minimum atomic E-state index is 0.496. The number of ether oxygens (including phenoxy) is 3. The maximum Gasteiger partial charge on any atom is 0.203 e. The second-order valence-corrected chi connectivity index (χ2v) is 6.97. The molecule has 1 aromatic carbocycles. The Bertz CT molecular complexity index is 718. The average Bonchev–Trinajstić information content (AvgIpc) is 3.08. The van der Waals surface area contributed by atoms with E-state index >= 15 is 0 Å². The van der Waals surface area contributed by atoms with Gasteiger partial charge in [-0.05, 0) is 43.7 Å². The summed E-state index contributed by atoms with van der Waals surface area (Å²) in [6, 6.07) is 8.09. The zero-order valence-electron chi connectivity index (χ0n) is 16.0. The molecule has 0 radical (unpaired) electrons. The topological polar surface area (TPSA) is 64.1 Å². The highest BCUT2D eigenvalue weighted by atomic mass is 32.1. The number of rotatable bonds is 8. The van der Waals surface area contributed by atoms with Crippen LogP contribution in [0.15, 0.2) is 29.3 Å². The van der Waals surface area contributed by atoms with Crippen molar-refractivity contribution in [2.45, 2.75) is 26.9 Å². The SMILES string of the molecule is CCNC(=NCc1cc(OC)c(OC)c(OC)c1)NCc1ccc(C)s1. The van der Waals surface area contributed by atoms with Gasteiger partial charge in [-0.25, -0.2) is 4.99 Å². The van der Waals surface area contributed by atoms with Gasteiger partial charge in [0.2, 0.25) is 5.75 Å². The van der Waals surface area contributed by atoms with Crippen LogP contribution in [0.4, 0.5) is 0 Å². The molecule has 0 spiro atoms. The summed E-state index contributed by atoms with van der Waals surface area (Å²) in [4.78, 5) is 7.24. The van der Waals surface area contributed by atoms with Crippen LogP contribution in [0.3, 0.4) is 0 Å². The number of guanidine groups is 1. The van der Waals surface area contributed by atoms with Gasteiger partial charge in [0.25, 0.3) is 0 Å². The molecule has 0 saturated heterocycles. The van der Waals surface area contributed by atoms with Gasteiger partial charge in [-0.3, -0.25) is 0 Å². The molecular formula is C19H27N3O3S. The summed E-state index contributed by atoms with van der Waals surface area (Å²) in [5, 5.41) is 6.63. The van der Waals surface area contributed by atoms with Crippen LogP contribution >= 0.6 is 11.3 Å². The summed E-state index contributed by atoms with van der Waals surface area (Å²) in [5.74, 6) is 2.61. The van der Waals surface area contributed by atoms with Crippen LogP contribution in [0.25, 0.3) is 0 Å². The Morgan fingerprint density at radius 2 is 1.73 bits per heavy atom. The van der Waals surface area contributed by atoms with E-state index in [0.717, 1.165) is 24.6 Å². The van der Waals surface area contributed by atoms with Crippen LogP contribution in [0.5, 0.6) is 17.2 Å². The summed E-state index contributed by atoms with van der Waals surface area (Å²) in [6.45, 7) is 6.20. The molecule has 0 unspecified atom stereocenters. The number of aliphatic imine (C=N–C) groups is 1. The van der Waals surface area contributed by atoms with E-state index in [9.17, 15) is 0 Å². The fraction of sp³-hybridized carbons (Fsp3) is 0.421. The van der Waals surface area contributed by atoms with Crippen LogP contribution < -0.4 is 24.8 Å². The Balaban J connectivity index is 2.12. The third kappa shape index (κ3) is 5.29. The fourth-order valence-electron chi connectivity index (χ4n) is 2.49. The number of nitrogens with zero attached hydrogens (tertiary/aromatic N) is 1. The van der Waals surface area contributed by atoms with Gasteiger partial charge in [0.15, 0.2) is 17.5 Å². The van der Waals surface area contributed by atoms with E-state index in [1.165, 1.54) is 9.75 Å². The summed E-state index contributed by atoms with van der Waals surface area (Å²) in [6.07, 6.45) is 0. The molecule has 0 amide bonds. The van der Waals surface area contributed by atoms with E-state index in [1.54, 1.807) is 32.7 Å². The van der Waals surface area contributed by atoms with Crippen molar-refractivity contribution in [1.82, 2.24) is 10.6 Å². The minimum absolute atomic E-state index is 0.496. The molecule has 0 aliphatic heterocycles. The Morgan fingerprint density at radius 1 is 1.04 bits per heavy atom. The molecule has 1 aromatic heterocycles. The van der Waals surface area contributed by atoms with Gasteiger partial charge in [-0.15, -0.1) is 11.3 Å². The molecule has 0 saturated carbocycles. The van der Waals surface area contributed by atoms with E-state index in [4.69, 9.17) is 14.2 Å². The number of hydrogen-bond donors (Lipinski definition) is 2. The molecule has 26 heavy (non-hydrogen) atoms. The molecular weight excluding hydrogens is 350 g/mol. The predicted molar refractivity (Wildman–Crippen MR) is 107 cm³/mol. The highest BCUT2D eigenvalue weighted by molar-refractivity contribution is 7.11. The third-order valence-electron chi connectivity index (χ3n) is 3.71. The van der Waals surface area contributed by atoms with Crippen molar-refractivity contribution in [2.75, 3.05) is 27.9 Å². The molecule has 6 nitrogen and oxygen atoms in total. The predicted octanol–water partition coefficient (Wildman–Crippen LogP) is 3.34. The lowest BCUT2D eigenvalue weighted by molar-refractivity contribution is 0.324. The van der Waals surface area contributed by atoms with Crippen LogP contribution in [0.2, 0.25) is 0 Å². The lowest BCUT2D eigenvalue weighted by Gasteiger charge is -2.14. The molecule has 0 aliphatic carbocycles. The van der Waals surface area contributed by atoms with Crippen molar-refractivity contribution >= 4 is 17.3 Å². The highest BCUT2D eigenvalue weighted by Crippen LogP contribution is 2.38. The van der Waals surface area contributed by atoms with E-state index in [2.05, 4.69) is 34.7 Å². The van der Waals surface area contributed by atoms with Gasteiger partial charge in [0.05, 0.1) is 34.4 Å². The normalized spacial score (nSPS) is 11.2. The molecule has 2 aromatic rings. The number of nitrogens with one attached hydrogen (secondary N) is 2. The minimum Gasteiger partial charge on any atom is -0.493 e. The zero-order chi connectivity index (χ0) is 18.9. The number of hydrogen-bond acceptors (Lipinski definition) is 5. The second-order valence-electron chi connectivity index (χ2n) is 5.59. The molecule has 0 aliphatic rings.